The minimum absolute atomic E-state index is 0.144. The van der Waals surface area contributed by atoms with Crippen LogP contribution in [0.25, 0.3) is 0 Å². The van der Waals surface area contributed by atoms with E-state index in [-0.39, 0.29) is 12.2 Å². The molecule has 0 amide bonds. The zero-order valence-electron chi connectivity index (χ0n) is 12.9. The van der Waals surface area contributed by atoms with Gasteiger partial charge in [-0.1, -0.05) is 33.6 Å². The molecule has 0 bridgehead atoms. The van der Waals surface area contributed by atoms with Crippen molar-refractivity contribution in [2.75, 3.05) is 26.4 Å². The van der Waals surface area contributed by atoms with Gasteiger partial charge in [0.05, 0.1) is 25.4 Å². The van der Waals surface area contributed by atoms with Crippen LogP contribution in [0.5, 0.6) is 0 Å². The second-order valence-corrected chi connectivity index (χ2v) is 5.46. The summed E-state index contributed by atoms with van der Waals surface area (Å²) in [5.74, 6) is 0.582. The standard InChI is InChI=1S/C15H32O3/c1-6-7-8-9-17-15(5)12-18-14(4)11-16-10-13(2)3/h13-15H,6-12H2,1-5H3. The van der Waals surface area contributed by atoms with E-state index in [4.69, 9.17) is 14.2 Å². The van der Waals surface area contributed by atoms with Crippen molar-refractivity contribution in [1.29, 1.82) is 0 Å². The Morgan fingerprint density at radius 2 is 1.44 bits per heavy atom. The third-order valence-corrected chi connectivity index (χ3v) is 2.57. The molecule has 0 spiro atoms. The van der Waals surface area contributed by atoms with Crippen LogP contribution >= 0.6 is 0 Å². The summed E-state index contributed by atoms with van der Waals surface area (Å²) in [6, 6.07) is 0. The molecule has 0 aromatic rings. The van der Waals surface area contributed by atoms with Crippen molar-refractivity contribution < 1.29 is 14.2 Å². The molecule has 18 heavy (non-hydrogen) atoms. The predicted molar refractivity (Wildman–Crippen MR) is 76.0 cm³/mol. The van der Waals surface area contributed by atoms with Crippen molar-refractivity contribution >= 4 is 0 Å². The maximum Gasteiger partial charge on any atom is 0.0781 e. The van der Waals surface area contributed by atoms with Crippen LogP contribution in [0.15, 0.2) is 0 Å². The number of hydrogen-bond acceptors (Lipinski definition) is 3. The molecular weight excluding hydrogens is 228 g/mol. The zero-order chi connectivity index (χ0) is 13.8. The van der Waals surface area contributed by atoms with E-state index in [9.17, 15) is 0 Å². The lowest BCUT2D eigenvalue weighted by molar-refractivity contribution is -0.0598. The van der Waals surface area contributed by atoms with Crippen LogP contribution in [-0.2, 0) is 14.2 Å². The fourth-order valence-corrected chi connectivity index (χ4v) is 1.50. The molecule has 0 aliphatic carbocycles. The summed E-state index contributed by atoms with van der Waals surface area (Å²) < 4.78 is 16.9. The highest BCUT2D eigenvalue weighted by molar-refractivity contribution is 4.53. The lowest BCUT2D eigenvalue weighted by Gasteiger charge is -2.18. The van der Waals surface area contributed by atoms with Gasteiger partial charge in [0.2, 0.25) is 0 Å². The van der Waals surface area contributed by atoms with Gasteiger partial charge in [0.15, 0.2) is 0 Å². The molecule has 0 saturated heterocycles. The average Bonchev–Trinajstić information content (AvgIpc) is 2.31. The Kier molecular flexibility index (Phi) is 11.9. The third kappa shape index (κ3) is 12.3. The Labute approximate surface area is 113 Å². The van der Waals surface area contributed by atoms with Crippen molar-refractivity contribution in [3.05, 3.63) is 0 Å². The van der Waals surface area contributed by atoms with Gasteiger partial charge in [-0.25, -0.2) is 0 Å². The number of hydrogen-bond donors (Lipinski definition) is 0. The van der Waals surface area contributed by atoms with Crippen molar-refractivity contribution in [3.8, 4) is 0 Å². The number of ether oxygens (including phenoxy) is 3. The molecule has 0 aromatic heterocycles. The van der Waals surface area contributed by atoms with Crippen LogP contribution in [0, 0.1) is 5.92 Å². The summed E-state index contributed by atoms with van der Waals surface area (Å²) in [5.41, 5.74) is 0. The first kappa shape index (κ1) is 17.9. The van der Waals surface area contributed by atoms with Crippen LogP contribution in [0.4, 0.5) is 0 Å². The highest BCUT2D eigenvalue weighted by Crippen LogP contribution is 2.01. The van der Waals surface area contributed by atoms with E-state index < -0.39 is 0 Å². The summed E-state index contributed by atoms with van der Waals surface area (Å²) in [7, 11) is 0. The molecule has 2 unspecified atom stereocenters. The van der Waals surface area contributed by atoms with Gasteiger partial charge in [0, 0.05) is 13.2 Å². The highest BCUT2D eigenvalue weighted by Gasteiger charge is 2.07. The van der Waals surface area contributed by atoms with Crippen LogP contribution in [0.3, 0.4) is 0 Å². The molecule has 3 heteroatoms. The van der Waals surface area contributed by atoms with E-state index in [0.29, 0.717) is 19.1 Å². The van der Waals surface area contributed by atoms with E-state index in [2.05, 4.69) is 27.7 Å². The molecule has 0 saturated carbocycles. The normalized spacial score (nSPS) is 15.0. The lowest BCUT2D eigenvalue weighted by Crippen LogP contribution is -2.24. The van der Waals surface area contributed by atoms with Crippen LogP contribution in [-0.4, -0.2) is 38.6 Å². The second-order valence-electron chi connectivity index (χ2n) is 5.46. The van der Waals surface area contributed by atoms with E-state index in [0.717, 1.165) is 19.6 Å². The summed E-state index contributed by atoms with van der Waals surface area (Å²) in [6.45, 7) is 13.6. The first-order valence-electron chi connectivity index (χ1n) is 7.37. The van der Waals surface area contributed by atoms with Gasteiger partial charge >= 0.3 is 0 Å². The maximum absolute atomic E-state index is 5.69. The van der Waals surface area contributed by atoms with E-state index in [1.54, 1.807) is 0 Å². The molecule has 0 fully saturated rings. The molecule has 0 aliphatic heterocycles. The summed E-state index contributed by atoms with van der Waals surface area (Å²) in [4.78, 5) is 0. The number of rotatable bonds is 12. The molecule has 110 valence electrons. The zero-order valence-corrected chi connectivity index (χ0v) is 12.9. The minimum Gasteiger partial charge on any atom is -0.379 e. The summed E-state index contributed by atoms with van der Waals surface area (Å²) >= 11 is 0. The summed E-state index contributed by atoms with van der Waals surface area (Å²) in [6.07, 6.45) is 3.94. The van der Waals surface area contributed by atoms with Gasteiger partial charge in [0.1, 0.15) is 0 Å². The minimum atomic E-state index is 0.144. The molecule has 3 nitrogen and oxygen atoms in total. The fraction of sp³-hybridized carbons (Fsp3) is 1.00. The Hall–Kier alpha value is -0.120. The van der Waals surface area contributed by atoms with E-state index in [1.165, 1.54) is 12.8 Å². The monoisotopic (exact) mass is 260 g/mol. The number of unbranched alkanes of at least 4 members (excludes halogenated alkanes) is 2. The van der Waals surface area contributed by atoms with Gasteiger partial charge in [-0.05, 0) is 26.2 Å². The Bertz CT molecular complexity index is 171. The molecule has 0 heterocycles. The first-order valence-corrected chi connectivity index (χ1v) is 7.37. The Morgan fingerprint density at radius 1 is 0.778 bits per heavy atom. The van der Waals surface area contributed by atoms with Crippen molar-refractivity contribution in [1.82, 2.24) is 0 Å². The molecule has 0 radical (unpaired) electrons. The SMILES string of the molecule is CCCCCOC(C)COC(C)COCC(C)C. The lowest BCUT2D eigenvalue weighted by atomic mass is 10.2. The molecule has 2 atom stereocenters. The van der Waals surface area contributed by atoms with Gasteiger partial charge in [0.25, 0.3) is 0 Å². The fourth-order valence-electron chi connectivity index (χ4n) is 1.50. The largest absolute Gasteiger partial charge is 0.379 e. The van der Waals surface area contributed by atoms with Crippen LogP contribution in [0.2, 0.25) is 0 Å². The van der Waals surface area contributed by atoms with Gasteiger partial charge in [-0.2, -0.15) is 0 Å². The van der Waals surface area contributed by atoms with Crippen molar-refractivity contribution in [2.24, 2.45) is 5.92 Å². The highest BCUT2D eigenvalue weighted by atomic mass is 16.6. The molecule has 0 rings (SSSR count). The second kappa shape index (κ2) is 11.9. The predicted octanol–water partition coefficient (Wildman–Crippen LogP) is 3.66. The quantitative estimate of drug-likeness (QED) is 0.501. The molecular formula is C15H32O3. The van der Waals surface area contributed by atoms with E-state index in [1.807, 2.05) is 6.92 Å². The Balaban J connectivity index is 3.38. The molecule has 0 aliphatic rings. The maximum atomic E-state index is 5.69. The molecule has 0 N–H and O–H groups in total. The van der Waals surface area contributed by atoms with Gasteiger partial charge in [-0.15, -0.1) is 0 Å². The molecule has 0 aromatic carbocycles. The smallest absolute Gasteiger partial charge is 0.0781 e. The summed E-state index contributed by atoms with van der Waals surface area (Å²) in [5, 5.41) is 0. The Morgan fingerprint density at radius 3 is 2.06 bits per heavy atom. The first-order chi connectivity index (χ1) is 8.56. The van der Waals surface area contributed by atoms with Crippen molar-refractivity contribution in [2.45, 2.75) is 66.1 Å². The van der Waals surface area contributed by atoms with Crippen molar-refractivity contribution in [3.63, 3.8) is 0 Å². The third-order valence-electron chi connectivity index (χ3n) is 2.57. The topological polar surface area (TPSA) is 27.7 Å². The van der Waals surface area contributed by atoms with E-state index >= 15 is 0 Å². The van der Waals surface area contributed by atoms with Crippen LogP contribution < -0.4 is 0 Å². The average molecular weight is 260 g/mol. The van der Waals surface area contributed by atoms with Gasteiger partial charge in [-0.3, -0.25) is 0 Å². The van der Waals surface area contributed by atoms with Crippen LogP contribution in [0.1, 0.15) is 53.9 Å². The van der Waals surface area contributed by atoms with Gasteiger partial charge < -0.3 is 14.2 Å².